The zero-order valence-electron chi connectivity index (χ0n) is 12.1. The van der Waals surface area contributed by atoms with Gasteiger partial charge in [0.15, 0.2) is 0 Å². The number of halogens is 3. The molecule has 0 aliphatic carbocycles. The van der Waals surface area contributed by atoms with Crippen LogP contribution in [-0.4, -0.2) is 12.5 Å². The van der Waals surface area contributed by atoms with Crippen molar-refractivity contribution in [3.63, 3.8) is 0 Å². The minimum atomic E-state index is -4.38. The molecule has 1 aromatic carbocycles. The molecule has 0 aliphatic heterocycles. The van der Waals surface area contributed by atoms with E-state index in [-0.39, 0.29) is 18.0 Å². The van der Waals surface area contributed by atoms with Crippen LogP contribution in [0.5, 0.6) is 0 Å². The molecule has 2 rings (SSSR count). The van der Waals surface area contributed by atoms with Crippen LogP contribution in [0.15, 0.2) is 41.1 Å². The maximum atomic E-state index is 12.6. The number of hydrogen-bond acceptors (Lipinski definition) is 2. The first-order valence-corrected chi connectivity index (χ1v) is 7.83. The highest BCUT2D eigenvalue weighted by Crippen LogP contribution is 2.29. The third-order valence-corrected chi connectivity index (χ3v) is 3.75. The van der Waals surface area contributed by atoms with Crippen LogP contribution in [0.4, 0.5) is 13.2 Å². The SMILES string of the molecule is O=C(CCc1ccsc1)NCC#Cc1cccc(C(F)(F)F)c1. The Morgan fingerprint density at radius 1 is 1.26 bits per heavy atom. The van der Waals surface area contributed by atoms with Gasteiger partial charge in [0.05, 0.1) is 12.1 Å². The summed E-state index contributed by atoms with van der Waals surface area (Å²) in [7, 11) is 0. The van der Waals surface area contributed by atoms with Gasteiger partial charge in [0.25, 0.3) is 0 Å². The Bertz CT molecular complexity index is 711. The summed E-state index contributed by atoms with van der Waals surface area (Å²) in [4.78, 5) is 11.6. The van der Waals surface area contributed by atoms with Gasteiger partial charge in [0.2, 0.25) is 5.91 Å². The van der Waals surface area contributed by atoms with Crippen molar-refractivity contribution >= 4 is 17.2 Å². The number of nitrogens with one attached hydrogen (secondary N) is 1. The third-order valence-electron chi connectivity index (χ3n) is 3.02. The van der Waals surface area contributed by atoms with Crippen LogP contribution in [-0.2, 0) is 17.4 Å². The maximum Gasteiger partial charge on any atom is 0.416 e. The predicted octanol–water partition coefficient (Wildman–Crippen LogP) is 3.87. The number of alkyl halides is 3. The Kier molecular flexibility index (Phi) is 5.83. The van der Waals surface area contributed by atoms with Crippen LogP contribution in [0, 0.1) is 11.8 Å². The molecule has 1 aromatic heterocycles. The van der Waals surface area contributed by atoms with Crippen LogP contribution < -0.4 is 5.32 Å². The minimum absolute atomic E-state index is 0.110. The van der Waals surface area contributed by atoms with Gasteiger partial charge in [0.1, 0.15) is 0 Å². The van der Waals surface area contributed by atoms with Crippen molar-refractivity contribution in [1.29, 1.82) is 0 Å². The molecule has 120 valence electrons. The van der Waals surface area contributed by atoms with Gasteiger partial charge in [-0.05, 0) is 47.0 Å². The molecule has 0 radical (unpaired) electrons. The molecule has 0 saturated heterocycles. The van der Waals surface area contributed by atoms with Gasteiger partial charge in [-0.2, -0.15) is 24.5 Å². The average molecular weight is 337 g/mol. The summed E-state index contributed by atoms with van der Waals surface area (Å²) in [6.07, 6.45) is -3.36. The molecule has 1 N–H and O–H groups in total. The molecule has 2 nitrogen and oxygen atoms in total. The summed E-state index contributed by atoms with van der Waals surface area (Å²) < 4.78 is 37.7. The van der Waals surface area contributed by atoms with E-state index in [1.807, 2.05) is 16.8 Å². The van der Waals surface area contributed by atoms with Crippen molar-refractivity contribution in [1.82, 2.24) is 5.32 Å². The molecular formula is C17H14F3NOS. The average Bonchev–Trinajstić information content (AvgIpc) is 3.02. The Morgan fingerprint density at radius 3 is 2.78 bits per heavy atom. The summed E-state index contributed by atoms with van der Waals surface area (Å²) in [6.45, 7) is 0.110. The second-order valence-electron chi connectivity index (χ2n) is 4.79. The van der Waals surface area contributed by atoms with Crippen LogP contribution in [0.25, 0.3) is 0 Å². The van der Waals surface area contributed by atoms with E-state index in [0.717, 1.165) is 17.7 Å². The highest BCUT2D eigenvalue weighted by Gasteiger charge is 2.30. The quantitative estimate of drug-likeness (QED) is 0.843. The molecule has 0 atom stereocenters. The number of hydrogen-bond donors (Lipinski definition) is 1. The largest absolute Gasteiger partial charge is 0.416 e. The van der Waals surface area contributed by atoms with Gasteiger partial charge in [-0.15, -0.1) is 0 Å². The zero-order valence-corrected chi connectivity index (χ0v) is 12.9. The van der Waals surface area contributed by atoms with Gasteiger partial charge in [0, 0.05) is 12.0 Å². The smallest absolute Gasteiger partial charge is 0.345 e. The van der Waals surface area contributed by atoms with E-state index in [0.29, 0.717) is 12.8 Å². The molecule has 1 amide bonds. The first kappa shape index (κ1) is 17.1. The first-order valence-electron chi connectivity index (χ1n) is 6.89. The second kappa shape index (κ2) is 7.84. The van der Waals surface area contributed by atoms with E-state index in [9.17, 15) is 18.0 Å². The Morgan fingerprint density at radius 2 is 2.09 bits per heavy atom. The summed E-state index contributed by atoms with van der Waals surface area (Å²) in [5.41, 5.74) is 0.650. The number of rotatable bonds is 4. The van der Waals surface area contributed by atoms with Crippen LogP contribution in [0.1, 0.15) is 23.1 Å². The van der Waals surface area contributed by atoms with Crippen molar-refractivity contribution in [3.05, 3.63) is 57.8 Å². The Hall–Kier alpha value is -2.26. The molecule has 0 fully saturated rings. The van der Waals surface area contributed by atoms with Crippen LogP contribution in [0.3, 0.4) is 0 Å². The lowest BCUT2D eigenvalue weighted by Crippen LogP contribution is -2.23. The molecule has 0 bridgehead atoms. The third kappa shape index (κ3) is 5.80. The fourth-order valence-electron chi connectivity index (χ4n) is 1.84. The summed E-state index contributed by atoms with van der Waals surface area (Å²) >= 11 is 1.58. The van der Waals surface area contributed by atoms with E-state index in [1.165, 1.54) is 12.1 Å². The first-order chi connectivity index (χ1) is 10.9. The monoisotopic (exact) mass is 337 g/mol. The highest BCUT2D eigenvalue weighted by atomic mass is 32.1. The topological polar surface area (TPSA) is 29.1 Å². The van der Waals surface area contributed by atoms with E-state index >= 15 is 0 Å². The molecule has 1 heterocycles. The molecule has 2 aromatic rings. The maximum absolute atomic E-state index is 12.6. The second-order valence-corrected chi connectivity index (χ2v) is 5.57. The molecule has 0 aliphatic rings. The summed E-state index contributed by atoms with van der Waals surface area (Å²) in [5, 5.41) is 6.57. The van der Waals surface area contributed by atoms with Gasteiger partial charge < -0.3 is 5.32 Å². The van der Waals surface area contributed by atoms with Crippen molar-refractivity contribution in [3.8, 4) is 11.8 Å². The van der Waals surface area contributed by atoms with E-state index < -0.39 is 11.7 Å². The van der Waals surface area contributed by atoms with Crippen molar-refractivity contribution < 1.29 is 18.0 Å². The van der Waals surface area contributed by atoms with Crippen LogP contribution >= 0.6 is 11.3 Å². The fourth-order valence-corrected chi connectivity index (χ4v) is 2.55. The normalized spacial score (nSPS) is 10.7. The number of benzene rings is 1. The zero-order chi connectivity index (χ0) is 16.7. The van der Waals surface area contributed by atoms with E-state index in [1.54, 1.807) is 11.3 Å². The van der Waals surface area contributed by atoms with Crippen molar-refractivity contribution in [2.24, 2.45) is 0 Å². The van der Waals surface area contributed by atoms with E-state index in [2.05, 4.69) is 17.2 Å². The van der Waals surface area contributed by atoms with Gasteiger partial charge >= 0.3 is 6.18 Å². The highest BCUT2D eigenvalue weighted by molar-refractivity contribution is 7.07. The Labute approximate surface area is 136 Å². The number of thiophene rings is 1. The molecule has 0 unspecified atom stereocenters. The predicted molar refractivity (Wildman–Crippen MR) is 84.0 cm³/mol. The number of amides is 1. The molecule has 0 spiro atoms. The number of aryl methyl sites for hydroxylation is 1. The van der Waals surface area contributed by atoms with E-state index in [4.69, 9.17) is 0 Å². The van der Waals surface area contributed by atoms with Crippen LogP contribution in [0.2, 0.25) is 0 Å². The van der Waals surface area contributed by atoms with Gasteiger partial charge in [-0.3, -0.25) is 4.79 Å². The lowest BCUT2D eigenvalue weighted by Gasteiger charge is -2.05. The minimum Gasteiger partial charge on any atom is -0.345 e. The Balaban J connectivity index is 1.80. The standard InChI is InChI=1S/C17H14F3NOS/c18-17(19,20)15-5-1-3-13(11-15)4-2-9-21-16(22)7-6-14-8-10-23-12-14/h1,3,5,8,10-12H,6-7,9H2,(H,21,22). The summed E-state index contributed by atoms with van der Waals surface area (Å²) in [5.74, 6) is 5.15. The van der Waals surface area contributed by atoms with Gasteiger partial charge in [-0.25, -0.2) is 0 Å². The summed E-state index contributed by atoms with van der Waals surface area (Å²) in [6, 6.07) is 6.76. The molecule has 6 heteroatoms. The lowest BCUT2D eigenvalue weighted by atomic mass is 10.1. The molecule has 0 saturated carbocycles. The van der Waals surface area contributed by atoms with Gasteiger partial charge in [-0.1, -0.05) is 17.9 Å². The molecule has 23 heavy (non-hydrogen) atoms. The number of carbonyl (C=O) groups excluding carboxylic acids is 1. The van der Waals surface area contributed by atoms with Crippen molar-refractivity contribution in [2.75, 3.05) is 6.54 Å². The lowest BCUT2D eigenvalue weighted by molar-refractivity contribution is -0.137. The molecular weight excluding hydrogens is 323 g/mol. The fraction of sp³-hybridized carbons (Fsp3) is 0.235. The van der Waals surface area contributed by atoms with Crippen molar-refractivity contribution in [2.45, 2.75) is 19.0 Å². The number of carbonyl (C=O) groups is 1.